The highest BCUT2D eigenvalue weighted by molar-refractivity contribution is 6.31. The minimum Gasteiger partial charge on any atom is -0.0885 e. The van der Waals surface area contributed by atoms with Gasteiger partial charge in [0.2, 0.25) is 0 Å². The molecule has 0 N–H and O–H groups in total. The quantitative estimate of drug-likeness (QED) is 0.628. The lowest BCUT2D eigenvalue weighted by molar-refractivity contribution is 0.942. The standard InChI is InChI=1S/C14H16Cl2/c1-9-11(5-7-13(9)15)3-4-12-6-8-14(16)10(12)2/h5-6H,3-4,7-8H2,1-2H3. The van der Waals surface area contributed by atoms with Crippen LogP contribution in [0.3, 0.4) is 0 Å². The Morgan fingerprint density at radius 3 is 1.50 bits per heavy atom. The second-order valence-corrected chi connectivity index (χ2v) is 5.34. The van der Waals surface area contributed by atoms with E-state index in [1.807, 2.05) is 0 Å². The molecule has 16 heavy (non-hydrogen) atoms. The average Bonchev–Trinajstić information content (AvgIpc) is 2.74. The van der Waals surface area contributed by atoms with Crippen molar-refractivity contribution < 1.29 is 0 Å². The first-order valence-corrected chi connectivity index (χ1v) is 6.44. The summed E-state index contributed by atoms with van der Waals surface area (Å²) in [5, 5.41) is 2.00. The van der Waals surface area contributed by atoms with E-state index in [1.54, 1.807) is 0 Å². The Balaban J connectivity index is 1.96. The van der Waals surface area contributed by atoms with Crippen LogP contribution in [0.2, 0.25) is 0 Å². The Morgan fingerprint density at radius 1 is 0.875 bits per heavy atom. The van der Waals surface area contributed by atoms with Crippen molar-refractivity contribution in [1.82, 2.24) is 0 Å². The zero-order valence-electron chi connectivity index (χ0n) is 9.74. The molecule has 2 aliphatic rings. The maximum absolute atomic E-state index is 6.09. The number of hydrogen-bond acceptors (Lipinski definition) is 0. The highest BCUT2D eigenvalue weighted by Crippen LogP contribution is 2.35. The third-order valence-electron chi connectivity index (χ3n) is 3.50. The Bertz CT molecular complexity index is 392. The molecule has 0 aromatic carbocycles. The summed E-state index contributed by atoms with van der Waals surface area (Å²) in [7, 11) is 0. The fraction of sp³-hybridized carbons (Fsp3) is 0.429. The van der Waals surface area contributed by atoms with Gasteiger partial charge in [0.25, 0.3) is 0 Å². The van der Waals surface area contributed by atoms with Gasteiger partial charge in [0.05, 0.1) is 0 Å². The predicted octanol–water partition coefficient (Wildman–Crippen LogP) is 5.45. The van der Waals surface area contributed by atoms with Gasteiger partial charge in [0.15, 0.2) is 0 Å². The van der Waals surface area contributed by atoms with Crippen LogP contribution in [0.5, 0.6) is 0 Å². The van der Waals surface area contributed by atoms with Gasteiger partial charge in [-0.15, -0.1) is 0 Å². The summed E-state index contributed by atoms with van der Waals surface area (Å²) in [6.45, 7) is 4.22. The lowest BCUT2D eigenvalue weighted by atomic mass is 9.99. The molecular weight excluding hydrogens is 239 g/mol. The van der Waals surface area contributed by atoms with Crippen molar-refractivity contribution in [2.45, 2.75) is 39.5 Å². The van der Waals surface area contributed by atoms with E-state index < -0.39 is 0 Å². The number of hydrogen-bond donors (Lipinski definition) is 0. The van der Waals surface area contributed by atoms with Crippen LogP contribution in [0, 0.1) is 0 Å². The summed E-state index contributed by atoms with van der Waals surface area (Å²) in [5.41, 5.74) is 5.35. The van der Waals surface area contributed by atoms with Crippen LogP contribution >= 0.6 is 23.2 Å². The summed E-state index contributed by atoms with van der Waals surface area (Å²) in [6, 6.07) is 0. The molecule has 0 radical (unpaired) electrons. The summed E-state index contributed by atoms with van der Waals surface area (Å²) >= 11 is 12.2. The van der Waals surface area contributed by atoms with Crippen LogP contribution in [-0.2, 0) is 0 Å². The van der Waals surface area contributed by atoms with Crippen LogP contribution in [0.25, 0.3) is 0 Å². The SMILES string of the molecule is CC1=C(Cl)CC=C1CCC1=CCC(Cl)=C1C. The molecule has 0 saturated carbocycles. The average molecular weight is 255 g/mol. The van der Waals surface area contributed by atoms with Crippen molar-refractivity contribution in [3.05, 3.63) is 44.5 Å². The molecule has 0 fully saturated rings. The molecule has 0 heterocycles. The van der Waals surface area contributed by atoms with Crippen LogP contribution in [0.1, 0.15) is 39.5 Å². The molecule has 0 aromatic rings. The van der Waals surface area contributed by atoms with Gasteiger partial charge in [-0.1, -0.05) is 35.4 Å². The summed E-state index contributed by atoms with van der Waals surface area (Å²) < 4.78 is 0. The molecule has 0 nitrogen and oxygen atoms in total. The van der Waals surface area contributed by atoms with Crippen LogP contribution in [0.4, 0.5) is 0 Å². The van der Waals surface area contributed by atoms with E-state index >= 15 is 0 Å². The molecule has 0 atom stereocenters. The van der Waals surface area contributed by atoms with E-state index in [9.17, 15) is 0 Å². The van der Waals surface area contributed by atoms with Crippen molar-refractivity contribution in [2.24, 2.45) is 0 Å². The molecule has 86 valence electrons. The summed E-state index contributed by atoms with van der Waals surface area (Å²) in [6.07, 6.45) is 8.47. The Hall–Kier alpha value is -0.460. The second kappa shape index (κ2) is 4.81. The molecule has 2 aliphatic carbocycles. The summed E-state index contributed by atoms with van der Waals surface area (Å²) in [5.74, 6) is 0. The molecule has 0 saturated heterocycles. The van der Waals surface area contributed by atoms with Crippen molar-refractivity contribution in [3.8, 4) is 0 Å². The second-order valence-electron chi connectivity index (χ2n) is 4.43. The Morgan fingerprint density at radius 2 is 1.25 bits per heavy atom. The fourth-order valence-corrected chi connectivity index (χ4v) is 2.63. The molecule has 0 spiro atoms. The lowest BCUT2D eigenvalue weighted by Crippen LogP contribution is -1.88. The highest BCUT2D eigenvalue weighted by Gasteiger charge is 2.15. The topological polar surface area (TPSA) is 0 Å². The predicted molar refractivity (Wildman–Crippen MR) is 71.7 cm³/mol. The van der Waals surface area contributed by atoms with Gasteiger partial charge in [-0.3, -0.25) is 0 Å². The van der Waals surface area contributed by atoms with Gasteiger partial charge in [-0.25, -0.2) is 0 Å². The summed E-state index contributed by atoms with van der Waals surface area (Å²) in [4.78, 5) is 0. The molecule has 0 bridgehead atoms. The fourth-order valence-electron chi connectivity index (χ4n) is 2.23. The number of rotatable bonds is 3. The molecule has 0 unspecified atom stereocenters. The van der Waals surface area contributed by atoms with Crippen molar-refractivity contribution in [2.75, 3.05) is 0 Å². The van der Waals surface area contributed by atoms with Crippen LogP contribution < -0.4 is 0 Å². The minimum atomic E-state index is 0.914. The zero-order chi connectivity index (χ0) is 11.7. The molecule has 0 amide bonds. The van der Waals surface area contributed by atoms with E-state index in [1.165, 1.54) is 22.3 Å². The van der Waals surface area contributed by atoms with E-state index in [0.29, 0.717) is 0 Å². The van der Waals surface area contributed by atoms with E-state index in [4.69, 9.17) is 23.2 Å². The van der Waals surface area contributed by atoms with E-state index in [0.717, 1.165) is 35.7 Å². The van der Waals surface area contributed by atoms with Gasteiger partial charge in [0, 0.05) is 22.9 Å². The van der Waals surface area contributed by atoms with Crippen LogP contribution in [-0.4, -0.2) is 0 Å². The van der Waals surface area contributed by atoms with E-state index in [2.05, 4.69) is 26.0 Å². The van der Waals surface area contributed by atoms with E-state index in [-0.39, 0.29) is 0 Å². The van der Waals surface area contributed by atoms with Gasteiger partial charge >= 0.3 is 0 Å². The number of allylic oxidation sites excluding steroid dienone is 8. The highest BCUT2D eigenvalue weighted by atomic mass is 35.5. The van der Waals surface area contributed by atoms with Gasteiger partial charge in [-0.05, 0) is 49.0 Å². The van der Waals surface area contributed by atoms with Crippen molar-refractivity contribution in [1.29, 1.82) is 0 Å². The molecular formula is C14H16Cl2. The number of halogens is 2. The first-order chi connectivity index (χ1) is 7.59. The Kier molecular flexibility index (Phi) is 3.61. The van der Waals surface area contributed by atoms with Crippen molar-refractivity contribution >= 4 is 23.2 Å². The van der Waals surface area contributed by atoms with Gasteiger partial charge in [-0.2, -0.15) is 0 Å². The molecule has 0 aliphatic heterocycles. The zero-order valence-corrected chi connectivity index (χ0v) is 11.3. The minimum absolute atomic E-state index is 0.914. The maximum Gasteiger partial charge on any atom is 0.0250 e. The Labute approximate surface area is 107 Å². The first kappa shape index (κ1) is 12.0. The largest absolute Gasteiger partial charge is 0.0885 e. The molecule has 2 heteroatoms. The van der Waals surface area contributed by atoms with Crippen LogP contribution in [0.15, 0.2) is 44.5 Å². The smallest absolute Gasteiger partial charge is 0.0250 e. The lowest BCUT2D eigenvalue weighted by Gasteiger charge is -2.07. The van der Waals surface area contributed by atoms with Gasteiger partial charge < -0.3 is 0 Å². The van der Waals surface area contributed by atoms with Crippen molar-refractivity contribution in [3.63, 3.8) is 0 Å². The monoisotopic (exact) mass is 254 g/mol. The third-order valence-corrected chi connectivity index (χ3v) is 4.37. The third kappa shape index (κ3) is 2.28. The first-order valence-electron chi connectivity index (χ1n) is 5.69. The molecule has 2 rings (SSSR count). The van der Waals surface area contributed by atoms with Gasteiger partial charge in [0.1, 0.15) is 0 Å². The normalized spacial score (nSPS) is 20.8. The molecule has 0 aromatic heterocycles. The maximum atomic E-state index is 6.09.